The van der Waals surface area contributed by atoms with E-state index in [9.17, 15) is 4.79 Å². The Morgan fingerprint density at radius 3 is 2.52 bits per heavy atom. The number of amides is 1. The Bertz CT molecular complexity index is 534. The number of carbonyl (C=O) groups is 1. The first-order valence-electron chi connectivity index (χ1n) is 8.60. The van der Waals surface area contributed by atoms with Crippen LogP contribution in [0, 0.1) is 13.8 Å². The number of hydrogen-bond acceptors (Lipinski definition) is 3. The molecule has 0 unspecified atom stereocenters. The first-order valence-corrected chi connectivity index (χ1v) is 8.60. The number of nitrogens with zero attached hydrogens (tertiary/aromatic N) is 1. The fourth-order valence-corrected chi connectivity index (χ4v) is 2.93. The maximum atomic E-state index is 12.0. The zero-order chi connectivity index (χ0) is 16.9. The maximum absolute atomic E-state index is 12.0. The Hall–Kier alpha value is -1.55. The van der Waals surface area contributed by atoms with Gasteiger partial charge in [0.05, 0.1) is 0 Å². The van der Waals surface area contributed by atoms with E-state index in [2.05, 4.69) is 31.0 Å². The summed E-state index contributed by atoms with van der Waals surface area (Å²) in [6, 6.07) is 5.90. The standard InChI is InChI=1S/C19H30N2O2/c1-15-8-9-17(12-16(15)2)23-13-18(22)20-14-19(3,4)21-10-6-5-7-11-21/h8-9,12H,5-7,10-11,13-14H2,1-4H3,(H,20,22). The monoisotopic (exact) mass is 318 g/mol. The summed E-state index contributed by atoms with van der Waals surface area (Å²) in [6.07, 6.45) is 3.84. The van der Waals surface area contributed by atoms with Crippen molar-refractivity contribution in [1.29, 1.82) is 0 Å². The van der Waals surface area contributed by atoms with Gasteiger partial charge in [-0.25, -0.2) is 0 Å². The van der Waals surface area contributed by atoms with Crippen molar-refractivity contribution in [2.45, 2.75) is 52.5 Å². The van der Waals surface area contributed by atoms with E-state index in [4.69, 9.17) is 4.74 Å². The van der Waals surface area contributed by atoms with Gasteiger partial charge in [0.15, 0.2) is 6.61 Å². The molecule has 1 fully saturated rings. The van der Waals surface area contributed by atoms with E-state index >= 15 is 0 Å². The molecule has 1 aliphatic rings. The van der Waals surface area contributed by atoms with Gasteiger partial charge in [-0.1, -0.05) is 12.5 Å². The lowest BCUT2D eigenvalue weighted by Crippen LogP contribution is -2.53. The lowest BCUT2D eigenvalue weighted by molar-refractivity contribution is -0.123. The molecule has 1 aromatic rings. The van der Waals surface area contributed by atoms with Crippen molar-refractivity contribution in [2.75, 3.05) is 26.2 Å². The highest BCUT2D eigenvalue weighted by Gasteiger charge is 2.28. The lowest BCUT2D eigenvalue weighted by atomic mass is 9.98. The highest BCUT2D eigenvalue weighted by Crippen LogP contribution is 2.20. The molecule has 1 amide bonds. The van der Waals surface area contributed by atoms with Crippen LogP contribution in [0.4, 0.5) is 0 Å². The first-order chi connectivity index (χ1) is 10.9. The zero-order valence-corrected chi connectivity index (χ0v) is 14.9. The summed E-state index contributed by atoms with van der Waals surface area (Å²) in [4.78, 5) is 14.5. The second-order valence-electron chi connectivity index (χ2n) is 7.17. The SMILES string of the molecule is Cc1ccc(OCC(=O)NCC(C)(C)N2CCCCC2)cc1C. The van der Waals surface area contributed by atoms with E-state index < -0.39 is 0 Å². The summed E-state index contributed by atoms with van der Waals surface area (Å²) in [5.41, 5.74) is 2.40. The third-order valence-electron chi connectivity index (χ3n) is 4.78. The quantitative estimate of drug-likeness (QED) is 0.876. The molecule has 0 radical (unpaired) electrons. The molecule has 0 aliphatic carbocycles. The summed E-state index contributed by atoms with van der Waals surface area (Å²) in [5, 5.41) is 3.01. The van der Waals surface area contributed by atoms with Gasteiger partial charge in [-0.15, -0.1) is 0 Å². The Kier molecular flexibility index (Phi) is 6.05. The van der Waals surface area contributed by atoms with Crippen LogP contribution in [0.3, 0.4) is 0 Å². The molecule has 1 saturated heterocycles. The minimum atomic E-state index is -0.0617. The van der Waals surface area contributed by atoms with Crippen LogP contribution >= 0.6 is 0 Å². The van der Waals surface area contributed by atoms with Gasteiger partial charge in [-0.05, 0) is 76.9 Å². The van der Waals surface area contributed by atoms with Crippen LogP contribution in [0.2, 0.25) is 0 Å². The molecule has 4 nitrogen and oxygen atoms in total. The van der Waals surface area contributed by atoms with Crippen molar-refractivity contribution < 1.29 is 9.53 Å². The van der Waals surface area contributed by atoms with Gasteiger partial charge in [0, 0.05) is 12.1 Å². The lowest BCUT2D eigenvalue weighted by Gasteiger charge is -2.41. The minimum Gasteiger partial charge on any atom is -0.484 e. The summed E-state index contributed by atoms with van der Waals surface area (Å²) in [6.45, 7) is 11.5. The van der Waals surface area contributed by atoms with E-state index in [1.165, 1.54) is 30.4 Å². The van der Waals surface area contributed by atoms with Crippen LogP contribution < -0.4 is 10.1 Å². The molecular formula is C19H30N2O2. The molecule has 0 aromatic heterocycles. The number of carbonyl (C=O) groups excluding carboxylic acids is 1. The first kappa shape index (κ1) is 17.8. The fourth-order valence-electron chi connectivity index (χ4n) is 2.93. The molecule has 0 atom stereocenters. The van der Waals surface area contributed by atoms with Crippen molar-refractivity contribution in [3.8, 4) is 5.75 Å². The Balaban J connectivity index is 1.76. The molecule has 0 spiro atoms. The van der Waals surface area contributed by atoms with Crippen LogP contribution in [0.15, 0.2) is 18.2 Å². The molecule has 23 heavy (non-hydrogen) atoms. The Morgan fingerprint density at radius 1 is 1.17 bits per heavy atom. The highest BCUT2D eigenvalue weighted by molar-refractivity contribution is 5.77. The molecule has 2 rings (SSSR count). The summed E-state index contributed by atoms with van der Waals surface area (Å²) in [5.74, 6) is 0.687. The van der Waals surface area contributed by atoms with Crippen molar-refractivity contribution in [1.82, 2.24) is 10.2 Å². The van der Waals surface area contributed by atoms with Crippen LogP contribution in [-0.4, -0.2) is 42.6 Å². The molecule has 0 bridgehead atoms. The molecule has 1 aromatic carbocycles. The largest absolute Gasteiger partial charge is 0.484 e. The van der Waals surface area contributed by atoms with E-state index in [0.29, 0.717) is 6.54 Å². The number of piperidine rings is 1. The van der Waals surface area contributed by atoms with Gasteiger partial charge in [0.1, 0.15) is 5.75 Å². The topological polar surface area (TPSA) is 41.6 Å². The van der Waals surface area contributed by atoms with Gasteiger partial charge in [-0.2, -0.15) is 0 Å². The Labute approximate surface area is 140 Å². The van der Waals surface area contributed by atoms with Crippen molar-refractivity contribution in [2.24, 2.45) is 0 Å². The van der Waals surface area contributed by atoms with Crippen molar-refractivity contribution >= 4 is 5.91 Å². The molecule has 0 saturated carbocycles. The normalized spacial score (nSPS) is 16.2. The van der Waals surface area contributed by atoms with Gasteiger partial charge in [0.25, 0.3) is 5.91 Å². The predicted octanol–water partition coefficient (Wildman–Crippen LogP) is 3.06. The van der Waals surface area contributed by atoms with Crippen LogP contribution in [0.5, 0.6) is 5.75 Å². The van der Waals surface area contributed by atoms with Crippen LogP contribution in [-0.2, 0) is 4.79 Å². The van der Waals surface area contributed by atoms with E-state index in [0.717, 1.165) is 18.8 Å². The van der Waals surface area contributed by atoms with Gasteiger partial charge >= 0.3 is 0 Å². The van der Waals surface area contributed by atoms with Crippen molar-refractivity contribution in [3.63, 3.8) is 0 Å². The summed E-state index contributed by atoms with van der Waals surface area (Å²) in [7, 11) is 0. The number of rotatable bonds is 6. The minimum absolute atomic E-state index is 0.00345. The molecule has 1 aliphatic heterocycles. The molecule has 1 N–H and O–H groups in total. The van der Waals surface area contributed by atoms with E-state index in [1.807, 2.05) is 25.1 Å². The number of likely N-dealkylation sites (tertiary alicyclic amines) is 1. The zero-order valence-electron chi connectivity index (χ0n) is 14.9. The highest BCUT2D eigenvalue weighted by atomic mass is 16.5. The van der Waals surface area contributed by atoms with Crippen molar-refractivity contribution in [3.05, 3.63) is 29.3 Å². The van der Waals surface area contributed by atoms with Crippen LogP contribution in [0.25, 0.3) is 0 Å². The van der Waals surface area contributed by atoms with Crippen LogP contribution in [0.1, 0.15) is 44.2 Å². The molecule has 128 valence electrons. The number of hydrogen-bond donors (Lipinski definition) is 1. The second kappa shape index (κ2) is 7.82. The Morgan fingerprint density at radius 2 is 1.87 bits per heavy atom. The molecule has 1 heterocycles. The third kappa shape index (κ3) is 5.24. The predicted molar refractivity (Wildman–Crippen MR) is 93.9 cm³/mol. The number of aryl methyl sites for hydroxylation is 2. The van der Waals surface area contributed by atoms with Gasteiger partial charge < -0.3 is 10.1 Å². The number of ether oxygens (including phenoxy) is 1. The summed E-state index contributed by atoms with van der Waals surface area (Å²) >= 11 is 0. The second-order valence-corrected chi connectivity index (χ2v) is 7.17. The number of benzene rings is 1. The smallest absolute Gasteiger partial charge is 0.258 e. The van der Waals surface area contributed by atoms with Gasteiger partial charge in [0.2, 0.25) is 0 Å². The third-order valence-corrected chi connectivity index (χ3v) is 4.78. The average Bonchev–Trinajstić information content (AvgIpc) is 2.55. The fraction of sp³-hybridized carbons (Fsp3) is 0.632. The van der Waals surface area contributed by atoms with E-state index in [-0.39, 0.29) is 18.1 Å². The average molecular weight is 318 g/mol. The maximum Gasteiger partial charge on any atom is 0.258 e. The van der Waals surface area contributed by atoms with E-state index in [1.54, 1.807) is 0 Å². The number of nitrogens with one attached hydrogen (secondary N) is 1. The van der Waals surface area contributed by atoms with Gasteiger partial charge in [-0.3, -0.25) is 9.69 Å². The summed E-state index contributed by atoms with van der Waals surface area (Å²) < 4.78 is 5.59. The molecular weight excluding hydrogens is 288 g/mol. The molecule has 4 heteroatoms.